The third-order valence-corrected chi connectivity index (χ3v) is 4.46. The van der Waals surface area contributed by atoms with Crippen LogP contribution in [0.15, 0.2) is 63.0 Å². The first-order valence-electron chi connectivity index (χ1n) is 6.52. The van der Waals surface area contributed by atoms with Gasteiger partial charge in [0.05, 0.1) is 19.1 Å². The van der Waals surface area contributed by atoms with Crippen molar-refractivity contribution < 1.29 is 9.53 Å². The number of thioether (sulfide) groups is 1. The van der Waals surface area contributed by atoms with Crippen LogP contribution in [0.5, 0.6) is 5.75 Å². The van der Waals surface area contributed by atoms with Gasteiger partial charge >= 0.3 is 0 Å². The Labute approximate surface area is 142 Å². The summed E-state index contributed by atoms with van der Waals surface area (Å²) in [5, 5.41) is 3.95. The van der Waals surface area contributed by atoms with Gasteiger partial charge in [-0.15, -0.1) is 11.8 Å². The fourth-order valence-corrected chi connectivity index (χ4v) is 2.68. The van der Waals surface area contributed by atoms with Gasteiger partial charge in [0.1, 0.15) is 5.75 Å². The molecule has 4 nitrogen and oxygen atoms in total. The number of benzene rings is 2. The van der Waals surface area contributed by atoms with Crippen molar-refractivity contribution >= 4 is 39.8 Å². The highest BCUT2D eigenvalue weighted by Crippen LogP contribution is 2.20. The summed E-state index contributed by atoms with van der Waals surface area (Å²) in [4.78, 5) is 12.7. The summed E-state index contributed by atoms with van der Waals surface area (Å²) < 4.78 is 6.02. The smallest absolute Gasteiger partial charge is 0.250 e. The lowest BCUT2D eigenvalue weighted by atomic mass is 10.2. The number of nitrogens with one attached hydrogen (secondary N) is 1. The van der Waals surface area contributed by atoms with Crippen LogP contribution in [0.4, 0.5) is 0 Å². The average molecular weight is 379 g/mol. The minimum Gasteiger partial charge on any atom is -0.497 e. The second-order valence-electron chi connectivity index (χ2n) is 4.28. The zero-order valence-corrected chi connectivity index (χ0v) is 14.4. The monoisotopic (exact) mass is 378 g/mol. The largest absolute Gasteiger partial charge is 0.497 e. The average Bonchev–Trinajstić information content (AvgIpc) is 2.55. The van der Waals surface area contributed by atoms with Crippen molar-refractivity contribution in [2.45, 2.75) is 4.90 Å². The van der Waals surface area contributed by atoms with E-state index in [4.69, 9.17) is 4.74 Å². The summed E-state index contributed by atoms with van der Waals surface area (Å²) in [5.41, 5.74) is 3.42. The molecule has 0 aliphatic carbocycles. The molecule has 0 heterocycles. The molecule has 0 bridgehead atoms. The number of carbonyl (C=O) groups is 1. The van der Waals surface area contributed by atoms with Crippen LogP contribution in [-0.4, -0.2) is 25.0 Å². The first-order chi connectivity index (χ1) is 10.7. The van der Waals surface area contributed by atoms with Gasteiger partial charge in [-0.3, -0.25) is 4.79 Å². The van der Waals surface area contributed by atoms with Crippen molar-refractivity contribution in [2.75, 3.05) is 12.9 Å². The molecule has 0 fully saturated rings. The Morgan fingerprint density at radius 2 is 2.00 bits per heavy atom. The van der Waals surface area contributed by atoms with E-state index in [1.165, 1.54) is 11.8 Å². The Morgan fingerprint density at radius 1 is 1.27 bits per heavy atom. The molecule has 22 heavy (non-hydrogen) atoms. The Hall–Kier alpha value is -1.79. The topological polar surface area (TPSA) is 50.7 Å². The minimum atomic E-state index is -0.149. The molecule has 6 heteroatoms. The Morgan fingerprint density at radius 3 is 2.68 bits per heavy atom. The van der Waals surface area contributed by atoms with Gasteiger partial charge in [0.15, 0.2) is 0 Å². The van der Waals surface area contributed by atoms with E-state index in [1.807, 2.05) is 48.5 Å². The number of halogens is 1. The van der Waals surface area contributed by atoms with Crippen LogP contribution in [0.25, 0.3) is 0 Å². The van der Waals surface area contributed by atoms with Crippen LogP contribution in [0.1, 0.15) is 5.56 Å². The number of rotatable bonds is 6. The molecule has 0 aliphatic rings. The Kier molecular flexibility index (Phi) is 6.48. The lowest BCUT2D eigenvalue weighted by Gasteiger charge is -2.03. The van der Waals surface area contributed by atoms with Crippen molar-refractivity contribution in [3.8, 4) is 5.75 Å². The quantitative estimate of drug-likeness (QED) is 0.473. The standard InChI is InChI=1S/C16H15BrN2O2S/c1-21-13-6-8-14(9-7-13)22-11-16(20)19-18-10-12-4-2-3-5-15(12)17/h2-10H,11H2,1H3,(H,19,20)/b18-10+. The molecule has 0 radical (unpaired) electrons. The van der Waals surface area contributed by atoms with Crippen LogP contribution in [0.3, 0.4) is 0 Å². The molecule has 1 amide bonds. The van der Waals surface area contributed by atoms with Crippen LogP contribution in [0, 0.1) is 0 Å². The zero-order valence-electron chi connectivity index (χ0n) is 12.0. The normalized spacial score (nSPS) is 10.6. The van der Waals surface area contributed by atoms with Crippen LogP contribution in [0.2, 0.25) is 0 Å². The highest BCUT2D eigenvalue weighted by atomic mass is 79.9. The van der Waals surface area contributed by atoms with Crippen LogP contribution < -0.4 is 10.2 Å². The second kappa shape index (κ2) is 8.60. The molecule has 0 aliphatic heterocycles. The fourth-order valence-electron chi connectivity index (χ4n) is 1.61. The van der Waals surface area contributed by atoms with E-state index in [1.54, 1.807) is 13.3 Å². The van der Waals surface area contributed by atoms with Crippen LogP contribution >= 0.6 is 27.7 Å². The van der Waals surface area contributed by atoms with Gasteiger partial charge < -0.3 is 4.74 Å². The fraction of sp³-hybridized carbons (Fsp3) is 0.125. The predicted octanol–water partition coefficient (Wildman–Crippen LogP) is 3.70. The molecule has 0 spiro atoms. The van der Waals surface area contributed by atoms with Crippen molar-refractivity contribution in [3.05, 3.63) is 58.6 Å². The van der Waals surface area contributed by atoms with Gasteiger partial charge in [0.25, 0.3) is 0 Å². The van der Waals surface area contributed by atoms with Crippen molar-refractivity contribution in [2.24, 2.45) is 5.10 Å². The highest BCUT2D eigenvalue weighted by Gasteiger charge is 2.02. The summed E-state index contributed by atoms with van der Waals surface area (Å²) in [6.07, 6.45) is 1.61. The molecule has 2 rings (SSSR count). The van der Waals surface area contributed by atoms with E-state index in [-0.39, 0.29) is 5.91 Å². The molecule has 0 saturated carbocycles. The molecular weight excluding hydrogens is 364 g/mol. The van der Waals surface area contributed by atoms with E-state index in [9.17, 15) is 4.79 Å². The van der Waals surface area contributed by atoms with Crippen molar-refractivity contribution in [1.29, 1.82) is 0 Å². The summed E-state index contributed by atoms with van der Waals surface area (Å²) in [6.45, 7) is 0. The third kappa shape index (κ3) is 5.20. The highest BCUT2D eigenvalue weighted by molar-refractivity contribution is 9.10. The number of hydrogen-bond acceptors (Lipinski definition) is 4. The van der Waals surface area contributed by atoms with Crippen LogP contribution in [-0.2, 0) is 4.79 Å². The maximum atomic E-state index is 11.7. The van der Waals surface area contributed by atoms with Gasteiger partial charge in [-0.05, 0) is 30.3 Å². The molecule has 1 N–H and O–H groups in total. The molecule has 2 aromatic rings. The van der Waals surface area contributed by atoms with Gasteiger partial charge in [0, 0.05) is 14.9 Å². The molecule has 0 aromatic heterocycles. The van der Waals surface area contributed by atoms with Crippen molar-refractivity contribution in [1.82, 2.24) is 5.43 Å². The Bertz CT molecular complexity index is 659. The lowest BCUT2D eigenvalue weighted by molar-refractivity contribution is -0.118. The first-order valence-corrected chi connectivity index (χ1v) is 8.30. The lowest BCUT2D eigenvalue weighted by Crippen LogP contribution is -2.19. The number of amides is 1. The summed E-state index contributed by atoms with van der Waals surface area (Å²) in [6, 6.07) is 15.2. The molecule has 0 atom stereocenters. The minimum absolute atomic E-state index is 0.149. The van der Waals surface area contributed by atoms with Gasteiger partial charge in [0.2, 0.25) is 5.91 Å². The number of ether oxygens (including phenoxy) is 1. The second-order valence-corrected chi connectivity index (χ2v) is 6.18. The van der Waals surface area contributed by atoms with E-state index in [0.29, 0.717) is 5.75 Å². The summed E-state index contributed by atoms with van der Waals surface area (Å²) in [7, 11) is 1.62. The number of nitrogens with zero attached hydrogens (tertiary/aromatic N) is 1. The molecule has 2 aromatic carbocycles. The molecule has 114 valence electrons. The summed E-state index contributed by atoms with van der Waals surface area (Å²) in [5.74, 6) is 0.954. The maximum Gasteiger partial charge on any atom is 0.250 e. The Balaban J connectivity index is 1.79. The summed E-state index contributed by atoms with van der Waals surface area (Å²) >= 11 is 4.86. The van der Waals surface area contributed by atoms with Gasteiger partial charge in [-0.2, -0.15) is 5.10 Å². The number of hydrogen-bond donors (Lipinski definition) is 1. The number of carbonyl (C=O) groups excluding carboxylic acids is 1. The predicted molar refractivity (Wildman–Crippen MR) is 93.6 cm³/mol. The third-order valence-electron chi connectivity index (χ3n) is 2.73. The van der Waals surface area contributed by atoms with E-state index in [0.717, 1.165) is 20.7 Å². The van der Waals surface area contributed by atoms with E-state index in [2.05, 4.69) is 26.5 Å². The SMILES string of the molecule is COc1ccc(SCC(=O)N/N=C/c2ccccc2Br)cc1. The molecule has 0 unspecified atom stereocenters. The first kappa shape index (κ1) is 16.6. The molecule has 0 saturated heterocycles. The van der Waals surface area contributed by atoms with E-state index < -0.39 is 0 Å². The molecular formula is C16H15BrN2O2S. The van der Waals surface area contributed by atoms with E-state index >= 15 is 0 Å². The van der Waals surface area contributed by atoms with Gasteiger partial charge in [-0.25, -0.2) is 5.43 Å². The number of methoxy groups -OCH3 is 1. The van der Waals surface area contributed by atoms with Crippen molar-refractivity contribution in [3.63, 3.8) is 0 Å². The zero-order chi connectivity index (χ0) is 15.8. The maximum absolute atomic E-state index is 11.7. The number of hydrazone groups is 1. The van der Waals surface area contributed by atoms with Gasteiger partial charge in [-0.1, -0.05) is 34.1 Å².